The Morgan fingerprint density at radius 3 is 2.35 bits per heavy atom. The molecule has 0 aliphatic rings. The van der Waals surface area contributed by atoms with Gasteiger partial charge in [-0.25, -0.2) is 4.98 Å². The molecule has 2 atom stereocenters. The second-order valence-electron chi connectivity index (χ2n) is 7.41. The maximum Gasteiger partial charge on any atom is 0.0946 e. The zero-order valence-electron chi connectivity index (χ0n) is 14.1. The molecule has 0 aromatic carbocycles. The lowest BCUT2D eigenvalue weighted by Crippen LogP contribution is -2.49. The number of nitrogens with one attached hydrogen (secondary N) is 1. The van der Waals surface area contributed by atoms with Crippen molar-refractivity contribution in [3.8, 4) is 0 Å². The van der Waals surface area contributed by atoms with Crippen LogP contribution in [0.25, 0.3) is 0 Å². The van der Waals surface area contributed by atoms with Gasteiger partial charge in [0.2, 0.25) is 0 Å². The van der Waals surface area contributed by atoms with E-state index in [4.69, 9.17) is 4.74 Å². The van der Waals surface area contributed by atoms with E-state index in [1.807, 2.05) is 18.7 Å². The number of hydrogen-bond acceptors (Lipinski definition) is 3. The van der Waals surface area contributed by atoms with Gasteiger partial charge in [0.25, 0.3) is 0 Å². The number of imidazole rings is 1. The number of aromatic nitrogens is 2. The zero-order chi connectivity index (χ0) is 15.4. The fourth-order valence-corrected chi connectivity index (χ4v) is 2.41. The second-order valence-corrected chi connectivity index (χ2v) is 7.41. The first kappa shape index (κ1) is 17.2. The molecular formula is C16H31N3O. The Hall–Kier alpha value is -0.870. The summed E-state index contributed by atoms with van der Waals surface area (Å²) < 4.78 is 7.66. The molecule has 0 radical (unpaired) electrons. The Morgan fingerprint density at radius 2 is 1.90 bits per heavy atom. The zero-order valence-corrected chi connectivity index (χ0v) is 14.1. The fraction of sp³-hybridized carbons (Fsp3) is 0.812. The predicted octanol–water partition coefficient (Wildman–Crippen LogP) is 3.09. The third-order valence-corrected chi connectivity index (χ3v) is 3.83. The first-order valence-electron chi connectivity index (χ1n) is 7.41. The van der Waals surface area contributed by atoms with E-state index in [2.05, 4.69) is 56.4 Å². The summed E-state index contributed by atoms with van der Waals surface area (Å²) in [5.41, 5.74) is 0.0968. The lowest BCUT2D eigenvalue weighted by atomic mass is 9.85. The van der Waals surface area contributed by atoms with Gasteiger partial charge in [0, 0.05) is 38.1 Å². The van der Waals surface area contributed by atoms with Crippen LogP contribution in [-0.2, 0) is 11.3 Å². The summed E-state index contributed by atoms with van der Waals surface area (Å²) in [5.74, 6) is 0. The normalized spacial score (nSPS) is 16.1. The van der Waals surface area contributed by atoms with Crippen LogP contribution in [0.3, 0.4) is 0 Å². The highest BCUT2D eigenvalue weighted by Crippen LogP contribution is 2.23. The van der Waals surface area contributed by atoms with Crippen LogP contribution < -0.4 is 5.32 Å². The van der Waals surface area contributed by atoms with Gasteiger partial charge in [-0.15, -0.1) is 0 Å². The van der Waals surface area contributed by atoms with Gasteiger partial charge in [-0.1, -0.05) is 20.8 Å². The van der Waals surface area contributed by atoms with Crippen LogP contribution in [0.5, 0.6) is 0 Å². The van der Waals surface area contributed by atoms with Crippen LogP contribution in [0.2, 0.25) is 0 Å². The van der Waals surface area contributed by atoms with E-state index >= 15 is 0 Å². The quantitative estimate of drug-likeness (QED) is 0.835. The van der Waals surface area contributed by atoms with Gasteiger partial charge >= 0.3 is 0 Å². The monoisotopic (exact) mass is 281 g/mol. The summed E-state index contributed by atoms with van der Waals surface area (Å²) in [6.45, 7) is 14.2. The highest BCUT2D eigenvalue weighted by atomic mass is 16.5. The number of rotatable bonds is 7. The van der Waals surface area contributed by atoms with E-state index in [1.54, 1.807) is 7.11 Å². The molecule has 0 saturated heterocycles. The predicted molar refractivity (Wildman–Crippen MR) is 83.8 cm³/mol. The van der Waals surface area contributed by atoms with Crippen LogP contribution in [0.15, 0.2) is 18.7 Å². The van der Waals surface area contributed by atoms with E-state index in [0.29, 0.717) is 12.1 Å². The molecule has 0 aliphatic heterocycles. The minimum absolute atomic E-state index is 0.0934. The molecule has 1 aromatic rings. The van der Waals surface area contributed by atoms with Crippen molar-refractivity contribution in [3.05, 3.63) is 18.7 Å². The van der Waals surface area contributed by atoms with Crippen molar-refractivity contribution < 1.29 is 4.74 Å². The number of ether oxygens (including phenoxy) is 1. The van der Waals surface area contributed by atoms with Gasteiger partial charge in [0.1, 0.15) is 0 Å². The molecule has 1 N–H and O–H groups in total. The molecule has 1 heterocycles. The van der Waals surface area contributed by atoms with Crippen LogP contribution >= 0.6 is 0 Å². The van der Waals surface area contributed by atoms with Crippen LogP contribution in [0.1, 0.15) is 48.0 Å². The maximum absolute atomic E-state index is 5.53. The summed E-state index contributed by atoms with van der Waals surface area (Å²) in [7, 11) is 1.78. The Balaban J connectivity index is 2.66. The minimum Gasteiger partial charge on any atom is -0.379 e. The first-order chi connectivity index (χ1) is 9.14. The van der Waals surface area contributed by atoms with Crippen LogP contribution in [0, 0.1) is 5.41 Å². The SMILES string of the molecule is COC(C)(C)CC(C)NC(Cn1ccnc1)C(C)(C)C. The molecule has 1 aromatic heterocycles. The fourth-order valence-electron chi connectivity index (χ4n) is 2.41. The molecule has 0 fully saturated rings. The smallest absolute Gasteiger partial charge is 0.0946 e. The van der Waals surface area contributed by atoms with Crippen molar-refractivity contribution in [1.29, 1.82) is 0 Å². The Morgan fingerprint density at radius 1 is 1.25 bits per heavy atom. The Bertz CT molecular complexity index is 379. The molecular weight excluding hydrogens is 250 g/mol. The van der Waals surface area contributed by atoms with Crippen molar-refractivity contribution in [1.82, 2.24) is 14.9 Å². The summed E-state index contributed by atoms with van der Waals surface area (Å²) >= 11 is 0. The average molecular weight is 281 g/mol. The molecule has 0 bridgehead atoms. The van der Waals surface area contributed by atoms with Gasteiger partial charge in [-0.2, -0.15) is 0 Å². The molecule has 0 aliphatic carbocycles. The summed E-state index contributed by atoms with van der Waals surface area (Å²) in [6, 6.07) is 0.789. The topological polar surface area (TPSA) is 39.1 Å². The molecule has 4 nitrogen and oxygen atoms in total. The van der Waals surface area contributed by atoms with E-state index in [-0.39, 0.29) is 11.0 Å². The van der Waals surface area contributed by atoms with Crippen LogP contribution in [0.4, 0.5) is 0 Å². The van der Waals surface area contributed by atoms with E-state index in [1.165, 1.54) is 0 Å². The summed E-state index contributed by atoms with van der Waals surface area (Å²) in [5, 5.41) is 3.76. The molecule has 4 heteroatoms. The molecule has 116 valence electrons. The molecule has 2 unspecified atom stereocenters. The van der Waals surface area contributed by atoms with Gasteiger partial charge in [-0.3, -0.25) is 0 Å². The molecule has 1 rings (SSSR count). The first-order valence-corrected chi connectivity index (χ1v) is 7.41. The Kier molecular flexibility index (Phi) is 5.78. The van der Waals surface area contributed by atoms with Gasteiger partial charge in [0.15, 0.2) is 0 Å². The maximum atomic E-state index is 5.53. The van der Waals surface area contributed by atoms with Crippen molar-refractivity contribution in [2.75, 3.05) is 7.11 Å². The van der Waals surface area contributed by atoms with Crippen molar-refractivity contribution >= 4 is 0 Å². The van der Waals surface area contributed by atoms with Crippen molar-refractivity contribution in [3.63, 3.8) is 0 Å². The molecule has 20 heavy (non-hydrogen) atoms. The molecule has 0 saturated carbocycles. The number of hydrogen-bond donors (Lipinski definition) is 1. The third-order valence-electron chi connectivity index (χ3n) is 3.83. The third kappa shape index (κ3) is 5.63. The van der Waals surface area contributed by atoms with E-state index in [0.717, 1.165) is 13.0 Å². The minimum atomic E-state index is -0.0934. The van der Waals surface area contributed by atoms with E-state index in [9.17, 15) is 0 Å². The van der Waals surface area contributed by atoms with Crippen LogP contribution in [-0.4, -0.2) is 34.3 Å². The van der Waals surface area contributed by atoms with Gasteiger partial charge in [-0.05, 0) is 32.6 Å². The molecule has 0 spiro atoms. The van der Waals surface area contributed by atoms with Crippen molar-refractivity contribution in [2.24, 2.45) is 5.41 Å². The van der Waals surface area contributed by atoms with E-state index < -0.39 is 0 Å². The lowest BCUT2D eigenvalue weighted by Gasteiger charge is -2.36. The average Bonchev–Trinajstić information content (AvgIpc) is 2.79. The summed E-state index contributed by atoms with van der Waals surface area (Å²) in [4.78, 5) is 4.12. The van der Waals surface area contributed by atoms with Gasteiger partial charge in [0.05, 0.1) is 11.9 Å². The van der Waals surface area contributed by atoms with Crippen molar-refractivity contribution in [2.45, 2.75) is 72.2 Å². The second kappa shape index (κ2) is 6.72. The highest BCUT2D eigenvalue weighted by molar-refractivity contribution is 4.87. The highest BCUT2D eigenvalue weighted by Gasteiger charge is 2.28. The van der Waals surface area contributed by atoms with Gasteiger partial charge < -0.3 is 14.6 Å². The number of methoxy groups -OCH3 is 1. The summed E-state index contributed by atoms with van der Waals surface area (Å²) in [6.07, 6.45) is 6.71. The standard InChI is InChI=1S/C16H31N3O/c1-13(10-16(5,6)20-7)18-14(15(2,3)4)11-19-9-8-17-12-19/h8-9,12-14,18H,10-11H2,1-7H3. The largest absolute Gasteiger partial charge is 0.379 e. The Labute approximate surface area is 123 Å². The molecule has 0 amide bonds. The number of nitrogens with zero attached hydrogens (tertiary/aromatic N) is 2. The lowest BCUT2D eigenvalue weighted by molar-refractivity contribution is 0.00591.